The summed E-state index contributed by atoms with van der Waals surface area (Å²) in [4.78, 5) is 20.8. The van der Waals surface area contributed by atoms with E-state index in [4.69, 9.17) is 15.6 Å². The van der Waals surface area contributed by atoms with Crippen LogP contribution in [0.15, 0.2) is 60.7 Å². The number of para-hydroxylation sites is 1. The van der Waals surface area contributed by atoms with Gasteiger partial charge >= 0.3 is 12.1 Å². The zero-order valence-corrected chi connectivity index (χ0v) is 13.0. The molecule has 4 N–H and O–H groups in total. The van der Waals surface area contributed by atoms with E-state index in [1.54, 1.807) is 0 Å². The number of nitrogens with two attached hydrogens (primary N) is 1. The third-order valence-corrected chi connectivity index (χ3v) is 2.92. The van der Waals surface area contributed by atoms with Crippen LogP contribution in [0.5, 0.6) is 0 Å². The Morgan fingerprint density at radius 1 is 1.00 bits per heavy atom. The average molecular weight is 354 g/mol. The molecule has 5 nitrogen and oxygen atoms in total. The Hall–Kier alpha value is -2.87. The molecule has 8 heteroatoms. The minimum atomic E-state index is -5.08. The van der Waals surface area contributed by atoms with Gasteiger partial charge in [0.25, 0.3) is 0 Å². The van der Waals surface area contributed by atoms with Gasteiger partial charge in [-0.3, -0.25) is 4.79 Å². The molecule has 0 spiro atoms. The molecule has 2 aromatic carbocycles. The molecule has 0 fully saturated rings. The first-order valence-electron chi connectivity index (χ1n) is 7.15. The van der Waals surface area contributed by atoms with E-state index in [0.29, 0.717) is 6.42 Å². The van der Waals surface area contributed by atoms with Gasteiger partial charge in [-0.2, -0.15) is 13.2 Å². The monoisotopic (exact) mass is 354 g/mol. The molecule has 0 aliphatic carbocycles. The Kier molecular flexibility index (Phi) is 7.61. The van der Waals surface area contributed by atoms with Crippen LogP contribution < -0.4 is 11.1 Å². The normalized spacial score (nSPS) is 11.7. The summed E-state index contributed by atoms with van der Waals surface area (Å²) in [6, 6.07) is 18.6. The van der Waals surface area contributed by atoms with E-state index in [2.05, 4.69) is 5.32 Å². The first kappa shape index (κ1) is 20.2. The molecule has 0 heterocycles. The third kappa shape index (κ3) is 7.98. The molecular weight excluding hydrogens is 337 g/mol. The van der Waals surface area contributed by atoms with Crippen molar-refractivity contribution in [3.63, 3.8) is 0 Å². The van der Waals surface area contributed by atoms with Crippen LogP contribution in [0.25, 0.3) is 0 Å². The fourth-order valence-electron chi connectivity index (χ4n) is 1.72. The number of carbonyl (C=O) groups excluding carboxylic acids is 1. The van der Waals surface area contributed by atoms with E-state index >= 15 is 0 Å². The number of carboxylic acid groups (broad SMARTS) is 1. The summed E-state index contributed by atoms with van der Waals surface area (Å²) < 4.78 is 31.7. The lowest BCUT2D eigenvalue weighted by atomic mass is 10.1. The number of carboxylic acids is 1. The van der Waals surface area contributed by atoms with Crippen molar-refractivity contribution in [3.8, 4) is 0 Å². The lowest BCUT2D eigenvalue weighted by Gasteiger charge is -2.12. The fraction of sp³-hybridized carbons (Fsp3) is 0.176. The number of alkyl halides is 3. The Morgan fingerprint density at radius 2 is 1.44 bits per heavy atom. The molecule has 0 aliphatic heterocycles. The van der Waals surface area contributed by atoms with Crippen LogP contribution in [0.1, 0.15) is 5.56 Å². The summed E-state index contributed by atoms with van der Waals surface area (Å²) in [7, 11) is 0. The maximum atomic E-state index is 11.9. The first-order chi connectivity index (χ1) is 11.7. The molecule has 0 aromatic heterocycles. The fourth-order valence-corrected chi connectivity index (χ4v) is 1.72. The summed E-state index contributed by atoms with van der Waals surface area (Å²) in [5, 5.41) is 9.92. The second-order valence-electron chi connectivity index (χ2n) is 4.95. The molecule has 1 atom stereocenters. The van der Waals surface area contributed by atoms with Crippen molar-refractivity contribution < 1.29 is 27.9 Å². The number of hydrogen-bond acceptors (Lipinski definition) is 3. The van der Waals surface area contributed by atoms with E-state index in [1.807, 2.05) is 60.7 Å². The maximum Gasteiger partial charge on any atom is 0.490 e. The highest BCUT2D eigenvalue weighted by molar-refractivity contribution is 5.94. The van der Waals surface area contributed by atoms with E-state index < -0.39 is 18.2 Å². The van der Waals surface area contributed by atoms with Gasteiger partial charge in [-0.1, -0.05) is 48.5 Å². The van der Waals surface area contributed by atoms with Gasteiger partial charge < -0.3 is 16.2 Å². The predicted octanol–water partition coefficient (Wildman–Crippen LogP) is 2.83. The summed E-state index contributed by atoms with van der Waals surface area (Å²) in [6.07, 6.45) is -4.54. The van der Waals surface area contributed by atoms with Crippen LogP contribution >= 0.6 is 0 Å². The molecule has 134 valence electrons. The smallest absolute Gasteiger partial charge is 0.475 e. The molecule has 0 saturated heterocycles. The second kappa shape index (κ2) is 9.43. The minimum Gasteiger partial charge on any atom is -0.475 e. The summed E-state index contributed by atoms with van der Waals surface area (Å²) in [5.41, 5.74) is 7.72. The number of rotatable bonds is 4. The topological polar surface area (TPSA) is 92.4 Å². The van der Waals surface area contributed by atoms with Crippen molar-refractivity contribution in [3.05, 3.63) is 66.2 Å². The van der Waals surface area contributed by atoms with Crippen molar-refractivity contribution in [1.82, 2.24) is 0 Å². The van der Waals surface area contributed by atoms with Crippen LogP contribution in [-0.4, -0.2) is 29.2 Å². The SMILES string of the molecule is N[C@@H](Cc1ccccc1)C(=O)Nc1ccccc1.O=C(O)C(F)(F)F. The highest BCUT2D eigenvalue weighted by atomic mass is 19.4. The molecule has 0 radical (unpaired) electrons. The van der Waals surface area contributed by atoms with Gasteiger partial charge in [0, 0.05) is 5.69 Å². The zero-order chi connectivity index (χ0) is 18.9. The Morgan fingerprint density at radius 3 is 1.88 bits per heavy atom. The van der Waals surface area contributed by atoms with E-state index in [9.17, 15) is 18.0 Å². The van der Waals surface area contributed by atoms with Gasteiger partial charge in [0.2, 0.25) is 5.91 Å². The molecule has 2 rings (SSSR count). The van der Waals surface area contributed by atoms with E-state index in [0.717, 1.165) is 11.3 Å². The van der Waals surface area contributed by atoms with E-state index in [-0.39, 0.29) is 5.91 Å². The highest BCUT2D eigenvalue weighted by Gasteiger charge is 2.38. The Labute approximate surface area is 142 Å². The quantitative estimate of drug-likeness (QED) is 0.787. The molecule has 0 bridgehead atoms. The van der Waals surface area contributed by atoms with Crippen molar-refractivity contribution >= 4 is 17.6 Å². The van der Waals surface area contributed by atoms with Crippen molar-refractivity contribution in [1.29, 1.82) is 0 Å². The third-order valence-electron chi connectivity index (χ3n) is 2.92. The van der Waals surface area contributed by atoms with Crippen LogP contribution in [-0.2, 0) is 16.0 Å². The molecule has 1 amide bonds. The molecular formula is C17H17F3N2O3. The number of benzene rings is 2. The summed E-state index contributed by atoms with van der Waals surface area (Å²) >= 11 is 0. The second-order valence-corrected chi connectivity index (χ2v) is 4.95. The molecule has 0 saturated carbocycles. The van der Waals surface area contributed by atoms with Crippen molar-refractivity contribution in [2.24, 2.45) is 5.73 Å². The van der Waals surface area contributed by atoms with Gasteiger partial charge in [0.15, 0.2) is 0 Å². The number of amides is 1. The van der Waals surface area contributed by atoms with Crippen LogP contribution in [0.3, 0.4) is 0 Å². The number of aliphatic carboxylic acids is 1. The number of hydrogen-bond donors (Lipinski definition) is 3. The van der Waals surface area contributed by atoms with Gasteiger partial charge in [0.05, 0.1) is 6.04 Å². The van der Waals surface area contributed by atoms with Gasteiger partial charge in [-0.05, 0) is 24.1 Å². The molecule has 2 aromatic rings. The summed E-state index contributed by atoms with van der Waals surface area (Å²) in [5.74, 6) is -2.92. The predicted molar refractivity (Wildman–Crippen MR) is 86.9 cm³/mol. The number of carbonyl (C=O) groups is 2. The Balaban J connectivity index is 0.000000381. The Bertz CT molecular complexity index is 677. The van der Waals surface area contributed by atoms with Gasteiger partial charge in [-0.15, -0.1) is 0 Å². The van der Waals surface area contributed by atoms with E-state index in [1.165, 1.54) is 0 Å². The number of nitrogens with one attached hydrogen (secondary N) is 1. The maximum absolute atomic E-state index is 11.9. The van der Waals surface area contributed by atoms with Gasteiger partial charge in [0.1, 0.15) is 0 Å². The molecule has 0 aliphatic rings. The largest absolute Gasteiger partial charge is 0.490 e. The number of anilines is 1. The van der Waals surface area contributed by atoms with Crippen molar-refractivity contribution in [2.75, 3.05) is 5.32 Å². The van der Waals surface area contributed by atoms with Crippen LogP contribution in [0, 0.1) is 0 Å². The standard InChI is InChI=1S/C15H16N2O.C2HF3O2/c16-14(11-12-7-3-1-4-8-12)15(18)17-13-9-5-2-6-10-13;3-2(4,5)1(6)7/h1-10,14H,11,16H2,(H,17,18);(H,6,7)/t14-;/m0./s1. The lowest BCUT2D eigenvalue weighted by molar-refractivity contribution is -0.192. The minimum absolute atomic E-state index is 0.162. The van der Waals surface area contributed by atoms with Crippen molar-refractivity contribution in [2.45, 2.75) is 18.6 Å². The van der Waals surface area contributed by atoms with Crippen LogP contribution in [0.4, 0.5) is 18.9 Å². The zero-order valence-electron chi connectivity index (χ0n) is 13.0. The first-order valence-corrected chi connectivity index (χ1v) is 7.15. The molecule has 25 heavy (non-hydrogen) atoms. The molecule has 0 unspecified atom stereocenters. The van der Waals surface area contributed by atoms with Gasteiger partial charge in [-0.25, -0.2) is 4.79 Å². The highest BCUT2D eigenvalue weighted by Crippen LogP contribution is 2.13. The average Bonchev–Trinajstić information content (AvgIpc) is 2.56. The number of halogens is 3. The lowest BCUT2D eigenvalue weighted by Crippen LogP contribution is -2.37. The van der Waals surface area contributed by atoms with Crippen LogP contribution in [0.2, 0.25) is 0 Å². The summed E-state index contributed by atoms with van der Waals surface area (Å²) in [6.45, 7) is 0.